The van der Waals surface area contributed by atoms with Crippen LogP contribution in [0.3, 0.4) is 0 Å². The molecule has 4 heteroatoms. The lowest BCUT2D eigenvalue weighted by molar-refractivity contribution is -0.106. The molecule has 3 heterocycles. The third kappa shape index (κ3) is 2.75. The maximum absolute atomic E-state index is 6.21. The molecule has 0 aliphatic carbocycles. The Hall–Kier alpha value is -2.17. The van der Waals surface area contributed by atoms with E-state index in [1.807, 2.05) is 36.4 Å². The smallest absolute Gasteiger partial charge is 0.164 e. The molecule has 0 aromatic heterocycles. The molecule has 2 fully saturated rings. The number of ether oxygens (including phenoxy) is 2. The minimum Gasteiger partial charge on any atom is -0.389 e. The molecule has 0 N–H and O–H groups in total. The molecular formula is C21H21NO3. The van der Waals surface area contributed by atoms with Gasteiger partial charge in [0, 0.05) is 12.8 Å². The first-order valence-electron chi connectivity index (χ1n) is 8.98. The Morgan fingerprint density at radius 3 is 2.44 bits per heavy atom. The molecule has 4 nitrogen and oxygen atoms in total. The third-order valence-electron chi connectivity index (χ3n) is 5.45. The molecule has 2 bridgehead atoms. The van der Waals surface area contributed by atoms with E-state index in [-0.39, 0.29) is 30.3 Å². The van der Waals surface area contributed by atoms with Crippen molar-refractivity contribution in [3.63, 3.8) is 0 Å². The highest BCUT2D eigenvalue weighted by Crippen LogP contribution is 2.44. The molecule has 0 unspecified atom stereocenters. The van der Waals surface area contributed by atoms with Crippen LogP contribution in [-0.4, -0.2) is 30.1 Å². The molecule has 3 aliphatic heterocycles. The Balaban J connectivity index is 1.29. The Labute approximate surface area is 147 Å². The minimum absolute atomic E-state index is 0.0329. The lowest BCUT2D eigenvalue weighted by Gasteiger charge is -2.29. The van der Waals surface area contributed by atoms with Gasteiger partial charge < -0.3 is 14.3 Å². The lowest BCUT2D eigenvalue weighted by Crippen LogP contribution is -2.34. The normalized spacial score (nSPS) is 32.8. The summed E-state index contributed by atoms with van der Waals surface area (Å²) in [6.45, 7) is 0.654. The maximum atomic E-state index is 6.21. The molecule has 0 saturated carbocycles. The summed E-state index contributed by atoms with van der Waals surface area (Å²) >= 11 is 0. The number of fused-ring (bicyclic) bond motifs is 5. The van der Waals surface area contributed by atoms with E-state index in [0.717, 1.165) is 24.1 Å². The summed E-state index contributed by atoms with van der Waals surface area (Å²) in [7, 11) is 0. The van der Waals surface area contributed by atoms with Crippen LogP contribution in [0.2, 0.25) is 0 Å². The van der Waals surface area contributed by atoms with E-state index in [9.17, 15) is 0 Å². The predicted octanol–water partition coefficient (Wildman–Crippen LogP) is 3.55. The summed E-state index contributed by atoms with van der Waals surface area (Å²) in [5.74, 6) is 0.220. The van der Waals surface area contributed by atoms with Crippen LogP contribution in [0, 0.1) is 5.92 Å². The monoisotopic (exact) mass is 335 g/mol. The Bertz CT molecular complexity index is 761. The summed E-state index contributed by atoms with van der Waals surface area (Å²) < 4.78 is 12.4. The number of oxime groups is 1. The van der Waals surface area contributed by atoms with Crippen molar-refractivity contribution in [3.8, 4) is 0 Å². The zero-order valence-electron chi connectivity index (χ0n) is 14.0. The van der Waals surface area contributed by atoms with E-state index >= 15 is 0 Å². The van der Waals surface area contributed by atoms with Gasteiger partial charge in [0.05, 0.1) is 30.4 Å². The van der Waals surface area contributed by atoms with Crippen molar-refractivity contribution < 1.29 is 14.3 Å². The largest absolute Gasteiger partial charge is 0.389 e. The van der Waals surface area contributed by atoms with E-state index in [0.29, 0.717) is 6.61 Å². The molecule has 0 amide bonds. The van der Waals surface area contributed by atoms with Crippen LogP contribution in [0.4, 0.5) is 0 Å². The van der Waals surface area contributed by atoms with E-state index in [1.165, 1.54) is 5.56 Å². The Morgan fingerprint density at radius 2 is 1.64 bits per heavy atom. The summed E-state index contributed by atoms with van der Waals surface area (Å²) in [6.07, 6.45) is 2.24. The molecule has 2 aromatic carbocycles. The molecule has 0 spiro atoms. The Kier molecular flexibility index (Phi) is 3.80. The average Bonchev–Trinajstić information content (AvgIpc) is 3.22. The molecule has 0 radical (unpaired) electrons. The molecule has 5 rings (SSSR count). The fourth-order valence-electron chi connectivity index (χ4n) is 4.26. The summed E-state index contributed by atoms with van der Waals surface area (Å²) in [5, 5.41) is 4.39. The van der Waals surface area contributed by atoms with Gasteiger partial charge >= 0.3 is 0 Å². The van der Waals surface area contributed by atoms with Crippen LogP contribution in [-0.2, 0) is 20.9 Å². The van der Waals surface area contributed by atoms with Gasteiger partial charge in [0.15, 0.2) is 6.10 Å². The third-order valence-corrected chi connectivity index (χ3v) is 5.45. The average molecular weight is 335 g/mol. The van der Waals surface area contributed by atoms with Crippen molar-refractivity contribution in [1.29, 1.82) is 0 Å². The van der Waals surface area contributed by atoms with Gasteiger partial charge in [-0.1, -0.05) is 65.8 Å². The van der Waals surface area contributed by atoms with Crippen LogP contribution in [0.5, 0.6) is 0 Å². The van der Waals surface area contributed by atoms with Gasteiger partial charge in [0.2, 0.25) is 0 Å². The van der Waals surface area contributed by atoms with Crippen LogP contribution >= 0.6 is 0 Å². The van der Waals surface area contributed by atoms with Crippen molar-refractivity contribution in [2.45, 2.75) is 43.9 Å². The summed E-state index contributed by atoms with van der Waals surface area (Å²) in [4.78, 5) is 5.78. The zero-order chi connectivity index (χ0) is 16.6. The van der Waals surface area contributed by atoms with Gasteiger partial charge in [0.1, 0.15) is 6.10 Å². The van der Waals surface area contributed by atoms with E-state index < -0.39 is 0 Å². The van der Waals surface area contributed by atoms with E-state index in [2.05, 4.69) is 29.4 Å². The van der Waals surface area contributed by atoms with Crippen molar-refractivity contribution in [1.82, 2.24) is 0 Å². The highest BCUT2D eigenvalue weighted by atomic mass is 16.7. The topological polar surface area (TPSA) is 40.0 Å². The molecule has 2 saturated heterocycles. The first-order valence-corrected chi connectivity index (χ1v) is 8.98. The van der Waals surface area contributed by atoms with Gasteiger partial charge in [-0.05, 0) is 11.1 Å². The second-order valence-corrected chi connectivity index (χ2v) is 7.04. The molecular weight excluding hydrogens is 314 g/mol. The first kappa shape index (κ1) is 15.1. The van der Waals surface area contributed by atoms with Crippen LogP contribution in [0.15, 0.2) is 65.8 Å². The lowest BCUT2D eigenvalue weighted by atomic mass is 9.88. The van der Waals surface area contributed by atoms with Crippen LogP contribution in [0.1, 0.15) is 24.0 Å². The fourth-order valence-corrected chi connectivity index (χ4v) is 4.26. The van der Waals surface area contributed by atoms with Gasteiger partial charge in [0.25, 0.3) is 0 Å². The van der Waals surface area contributed by atoms with Crippen LogP contribution < -0.4 is 0 Å². The van der Waals surface area contributed by atoms with Crippen molar-refractivity contribution in [3.05, 3.63) is 71.8 Å². The number of nitrogens with zero attached hydrogens (tertiary/aromatic N) is 1. The standard InChI is InChI=1S/C21H21NO3/c1-3-7-14(8-4-1)13-23-16-11-17-19-20(15-9-5-2-6-10-15)22-25-21(19)18(12-16)24-17/h1-10,16-19,21H,11-13H2/t16-,17-,18+,19+,21+/m1/s1. The minimum atomic E-state index is 0.0329. The summed E-state index contributed by atoms with van der Waals surface area (Å²) in [6, 6.07) is 20.6. The SMILES string of the molecule is c1ccc(CO[C@H]2C[C@@H]3O[C@H](C2)[C@H]2C(c4ccccc4)=NO[C@H]23)cc1. The number of rotatable bonds is 4. The highest BCUT2D eigenvalue weighted by Gasteiger charge is 2.56. The van der Waals surface area contributed by atoms with Gasteiger partial charge in [-0.25, -0.2) is 0 Å². The predicted molar refractivity (Wildman–Crippen MR) is 94.3 cm³/mol. The van der Waals surface area contributed by atoms with E-state index in [4.69, 9.17) is 14.3 Å². The summed E-state index contributed by atoms with van der Waals surface area (Å²) in [5.41, 5.74) is 3.37. The number of hydrogen-bond donors (Lipinski definition) is 0. The van der Waals surface area contributed by atoms with Gasteiger partial charge in [-0.2, -0.15) is 0 Å². The maximum Gasteiger partial charge on any atom is 0.164 e. The zero-order valence-corrected chi connectivity index (χ0v) is 14.0. The molecule has 3 aliphatic rings. The fraction of sp³-hybridized carbons (Fsp3) is 0.381. The van der Waals surface area contributed by atoms with Gasteiger partial charge in [-0.15, -0.1) is 0 Å². The molecule has 2 aromatic rings. The quantitative estimate of drug-likeness (QED) is 0.858. The van der Waals surface area contributed by atoms with Crippen molar-refractivity contribution in [2.75, 3.05) is 0 Å². The molecule has 25 heavy (non-hydrogen) atoms. The van der Waals surface area contributed by atoms with Crippen LogP contribution in [0.25, 0.3) is 0 Å². The van der Waals surface area contributed by atoms with E-state index in [1.54, 1.807) is 0 Å². The van der Waals surface area contributed by atoms with Crippen molar-refractivity contribution in [2.24, 2.45) is 11.1 Å². The Morgan fingerprint density at radius 1 is 0.920 bits per heavy atom. The number of benzene rings is 2. The number of hydrogen-bond acceptors (Lipinski definition) is 4. The molecule has 5 atom stereocenters. The first-order chi connectivity index (χ1) is 12.4. The highest BCUT2D eigenvalue weighted by molar-refractivity contribution is 6.03. The van der Waals surface area contributed by atoms with Gasteiger partial charge in [-0.3, -0.25) is 0 Å². The molecule has 128 valence electrons. The van der Waals surface area contributed by atoms with Crippen molar-refractivity contribution >= 4 is 5.71 Å². The second-order valence-electron chi connectivity index (χ2n) is 7.04. The second kappa shape index (κ2) is 6.28.